The summed E-state index contributed by atoms with van der Waals surface area (Å²) in [4.78, 5) is 4.19. The number of halogens is 1. The van der Waals surface area contributed by atoms with E-state index in [1.807, 2.05) is 13.8 Å². The maximum atomic E-state index is 12.7. The van der Waals surface area contributed by atoms with Crippen molar-refractivity contribution in [2.75, 3.05) is 20.3 Å². The highest BCUT2D eigenvalue weighted by Crippen LogP contribution is 2.12. The topological polar surface area (TPSA) is 68.9 Å². The molecule has 2 unspecified atom stereocenters. The average molecular weight is 283 g/mol. The van der Waals surface area contributed by atoms with Crippen LogP contribution in [0.2, 0.25) is 0 Å². The van der Waals surface area contributed by atoms with Gasteiger partial charge in [0.15, 0.2) is 5.96 Å². The fraction of sp³-hybridized carbons (Fsp3) is 0.500. The van der Waals surface area contributed by atoms with E-state index in [1.54, 1.807) is 19.2 Å². The van der Waals surface area contributed by atoms with E-state index in [4.69, 9.17) is 15.2 Å². The molecule has 0 amide bonds. The molecule has 0 bridgehead atoms. The van der Waals surface area contributed by atoms with E-state index < -0.39 is 0 Å². The van der Waals surface area contributed by atoms with E-state index >= 15 is 0 Å². The molecule has 3 N–H and O–H groups in total. The lowest BCUT2D eigenvalue weighted by Gasteiger charge is -2.15. The monoisotopic (exact) mass is 283 g/mol. The van der Waals surface area contributed by atoms with Crippen molar-refractivity contribution in [3.05, 3.63) is 30.1 Å². The third kappa shape index (κ3) is 6.38. The number of rotatable bonds is 7. The van der Waals surface area contributed by atoms with Crippen molar-refractivity contribution in [2.24, 2.45) is 10.7 Å². The fourth-order valence-electron chi connectivity index (χ4n) is 1.60. The summed E-state index contributed by atoms with van der Waals surface area (Å²) >= 11 is 0. The Labute approximate surface area is 119 Å². The van der Waals surface area contributed by atoms with Crippen LogP contribution in [0.1, 0.15) is 13.8 Å². The highest BCUT2D eigenvalue weighted by Gasteiger charge is 2.05. The zero-order valence-electron chi connectivity index (χ0n) is 12.1. The minimum Gasteiger partial charge on any atom is -0.489 e. The maximum absolute atomic E-state index is 12.7. The number of benzene rings is 1. The van der Waals surface area contributed by atoms with Gasteiger partial charge in [0.25, 0.3) is 0 Å². The van der Waals surface area contributed by atoms with Crippen molar-refractivity contribution in [3.63, 3.8) is 0 Å². The van der Waals surface area contributed by atoms with Gasteiger partial charge in [-0.2, -0.15) is 0 Å². The first-order valence-corrected chi connectivity index (χ1v) is 6.49. The number of methoxy groups -OCH3 is 1. The van der Waals surface area contributed by atoms with Crippen molar-refractivity contribution in [3.8, 4) is 5.75 Å². The van der Waals surface area contributed by atoms with Crippen LogP contribution in [0.25, 0.3) is 0 Å². The molecule has 0 heterocycles. The Bertz CT molecular complexity index is 423. The van der Waals surface area contributed by atoms with E-state index in [2.05, 4.69) is 10.3 Å². The molecule has 0 aliphatic heterocycles. The predicted octanol–water partition coefficient (Wildman–Crippen LogP) is 1.53. The number of hydrogen-bond donors (Lipinski definition) is 2. The van der Waals surface area contributed by atoms with E-state index in [1.165, 1.54) is 12.1 Å². The molecular formula is C14H22FN3O2. The van der Waals surface area contributed by atoms with E-state index in [0.29, 0.717) is 24.9 Å². The summed E-state index contributed by atoms with van der Waals surface area (Å²) in [6.45, 7) is 4.79. The number of nitrogens with zero attached hydrogens (tertiary/aromatic N) is 1. The molecule has 1 rings (SSSR count). The lowest BCUT2D eigenvalue weighted by Crippen LogP contribution is -2.41. The quantitative estimate of drug-likeness (QED) is 0.588. The van der Waals surface area contributed by atoms with Crippen LogP contribution in [0.4, 0.5) is 4.39 Å². The van der Waals surface area contributed by atoms with Gasteiger partial charge in [0.05, 0.1) is 13.2 Å². The van der Waals surface area contributed by atoms with E-state index in [0.717, 1.165) is 0 Å². The van der Waals surface area contributed by atoms with Crippen molar-refractivity contribution in [2.45, 2.75) is 26.0 Å². The molecule has 20 heavy (non-hydrogen) atoms. The van der Waals surface area contributed by atoms with Gasteiger partial charge in [0.1, 0.15) is 17.7 Å². The lowest BCUT2D eigenvalue weighted by atomic mass is 10.3. The highest BCUT2D eigenvalue weighted by molar-refractivity contribution is 5.78. The summed E-state index contributed by atoms with van der Waals surface area (Å²) in [5.74, 6) is 0.668. The summed E-state index contributed by atoms with van der Waals surface area (Å²) in [5, 5.41) is 3.01. The number of nitrogens with two attached hydrogens (primary N) is 1. The molecule has 0 radical (unpaired) electrons. The highest BCUT2D eigenvalue weighted by atomic mass is 19.1. The van der Waals surface area contributed by atoms with Crippen molar-refractivity contribution in [1.82, 2.24) is 5.32 Å². The first-order chi connectivity index (χ1) is 9.51. The molecule has 1 aromatic carbocycles. The van der Waals surface area contributed by atoms with Crippen LogP contribution in [0.15, 0.2) is 29.3 Å². The molecule has 0 aliphatic rings. The first-order valence-electron chi connectivity index (χ1n) is 6.49. The standard InChI is InChI=1S/C14H22FN3O2/c1-10(9-19-3)18-14(16)17-8-11(2)20-13-6-4-12(15)5-7-13/h4-7,10-11H,8-9H2,1-3H3,(H3,16,17,18). The van der Waals surface area contributed by atoms with Gasteiger partial charge in [-0.15, -0.1) is 0 Å². The van der Waals surface area contributed by atoms with Gasteiger partial charge in [-0.1, -0.05) is 0 Å². The van der Waals surface area contributed by atoms with Crippen molar-refractivity contribution in [1.29, 1.82) is 0 Å². The molecule has 1 aromatic rings. The molecule has 5 nitrogen and oxygen atoms in total. The van der Waals surface area contributed by atoms with Gasteiger partial charge >= 0.3 is 0 Å². The molecular weight excluding hydrogens is 261 g/mol. The molecule has 0 saturated heterocycles. The number of aliphatic imine (C=N–C) groups is 1. The second-order valence-electron chi connectivity index (χ2n) is 4.61. The summed E-state index contributed by atoms with van der Waals surface area (Å²) in [7, 11) is 1.63. The zero-order chi connectivity index (χ0) is 15.0. The Morgan fingerprint density at radius 3 is 2.60 bits per heavy atom. The smallest absolute Gasteiger partial charge is 0.189 e. The van der Waals surface area contributed by atoms with E-state index in [-0.39, 0.29) is 18.0 Å². The number of nitrogens with one attached hydrogen (secondary N) is 1. The Morgan fingerprint density at radius 2 is 2.00 bits per heavy atom. The van der Waals surface area contributed by atoms with Crippen molar-refractivity contribution >= 4 is 5.96 Å². The van der Waals surface area contributed by atoms with Crippen LogP contribution >= 0.6 is 0 Å². The van der Waals surface area contributed by atoms with Crippen molar-refractivity contribution < 1.29 is 13.9 Å². The van der Waals surface area contributed by atoms with Gasteiger partial charge in [-0.25, -0.2) is 9.38 Å². The summed E-state index contributed by atoms with van der Waals surface area (Å²) in [6, 6.07) is 5.97. The molecule has 0 aromatic heterocycles. The largest absolute Gasteiger partial charge is 0.489 e. The number of hydrogen-bond acceptors (Lipinski definition) is 3. The first kappa shape index (κ1) is 16.2. The molecule has 6 heteroatoms. The maximum Gasteiger partial charge on any atom is 0.189 e. The minimum absolute atomic E-state index is 0.0945. The fourth-order valence-corrected chi connectivity index (χ4v) is 1.60. The summed E-state index contributed by atoms with van der Waals surface area (Å²) < 4.78 is 23.3. The lowest BCUT2D eigenvalue weighted by molar-refractivity contribution is 0.179. The Morgan fingerprint density at radius 1 is 1.35 bits per heavy atom. The van der Waals surface area contributed by atoms with Gasteiger partial charge in [0.2, 0.25) is 0 Å². The van der Waals surface area contributed by atoms with E-state index in [9.17, 15) is 4.39 Å². The van der Waals surface area contributed by atoms with Gasteiger partial charge in [0, 0.05) is 13.2 Å². The summed E-state index contributed by atoms with van der Waals surface area (Å²) in [6.07, 6.45) is -0.154. The van der Waals surface area contributed by atoms with Gasteiger partial charge in [-0.05, 0) is 38.1 Å². The SMILES string of the molecule is COCC(C)NC(N)=NCC(C)Oc1ccc(F)cc1. The molecule has 0 saturated carbocycles. The number of guanidine groups is 1. The summed E-state index contributed by atoms with van der Waals surface area (Å²) in [5.41, 5.74) is 5.74. The molecule has 112 valence electrons. The third-order valence-corrected chi connectivity index (χ3v) is 2.48. The van der Waals surface area contributed by atoms with Crippen LogP contribution in [0.5, 0.6) is 5.75 Å². The molecule has 0 fully saturated rings. The second-order valence-corrected chi connectivity index (χ2v) is 4.61. The Balaban J connectivity index is 2.38. The van der Waals surface area contributed by atoms with Gasteiger partial charge in [-0.3, -0.25) is 0 Å². The van der Waals surface area contributed by atoms with Crippen LogP contribution in [-0.2, 0) is 4.74 Å². The molecule has 2 atom stereocenters. The average Bonchev–Trinajstić information content (AvgIpc) is 2.39. The molecule has 0 aliphatic carbocycles. The molecule has 0 spiro atoms. The Kier molecular flexibility index (Phi) is 6.79. The van der Waals surface area contributed by atoms with Gasteiger partial charge < -0.3 is 20.5 Å². The Hall–Kier alpha value is -1.82. The van der Waals surface area contributed by atoms with Crippen LogP contribution in [-0.4, -0.2) is 38.4 Å². The van der Waals surface area contributed by atoms with Crippen LogP contribution < -0.4 is 15.8 Å². The second kappa shape index (κ2) is 8.37. The zero-order valence-corrected chi connectivity index (χ0v) is 12.1. The van der Waals surface area contributed by atoms with Crippen LogP contribution in [0.3, 0.4) is 0 Å². The predicted molar refractivity (Wildman–Crippen MR) is 77.5 cm³/mol. The normalized spacial score (nSPS) is 14.7. The minimum atomic E-state index is -0.288. The third-order valence-electron chi connectivity index (χ3n) is 2.48. The number of ether oxygens (including phenoxy) is 2. The van der Waals surface area contributed by atoms with Crippen LogP contribution in [0, 0.1) is 5.82 Å².